The van der Waals surface area contributed by atoms with Crippen LogP contribution in [0.15, 0.2) is 18.2 Å². The Bertz CT molecular complexity index is 504. The Morgan fingerprint density at radius 2 is 1.94 bits per heavy atom. The van der Waals surface area contributed by atoms with Crippen molar-refractivity contribution >= 4 is 10.1 Å². The van der Waals surface area contributed by atoms with Crippen LogP contribution in [0, 0.1) is 5.82 Å². The third-order valence-electron chi connectivity index (χ3n) is 1.86. The fraction of sp³-hybridized carbons (Fsp3) is 0.333. The molecule has 0 spiro atoms. The van der Waals surface area contributed by atoms with Gasteiger partial charge in [-0.05, 0) is 12.1 Å². The summed E-state index contributed by atoms with van der Waals surface area (Å²) in [5.74, 6) is -0.912. The lowest BCUT2D eigenvalue weighted by Gasteiger charge is -2.13. The Hall–Kier alpha value is -1.12. The van der Waals surface area contributed by atoms with Crippen molar-refractivity contribution in [1.82, 2.24) is 0 Å². The molecule has 0 bridgehead atoms. The van der Waals surface area contributed by atoms with Gasteiger partial charge in [-0.3, -0.25) is 0 Å². The molecule has 96 valence electrons. The zero-order chi connectivity index (χ0) is 13.2. The van der Waals surface area contributed by atoms with E-state index >= 15 is 0 Å². The van der Waals surface area contributed by atoms with Crippen LogP contribution in [0.1, 0.15) is 23.8 Å². The van der Waals surface area contributed by atoms with Gasteiger partial charge in [0.2, 0.25) is 0 Å². The molecule has 8 heteroatoms. The van der Waals surface area contributed by atoms with E-state index in [0.29, 0.717) is 0 Å². The number of benzene rings is 1. The van der Waals surface area contributed by atoms with Crippen LogP contribution in [0.4, 0.5) is 13.2 Å². The van der Waals surface area contributed by atoms with Gasteiger partial charge in [0, 0.05) is 11.1 Å². The van der Waals surface area contributed by atoms with Crippen molar-refractivity contribution in [2.24, 2.45) is 5.73 Å². The minimum absolute atomic E-state index is 0.437. The van der Waals surface area contributed by atoms with Crippen LogP contribution in [0.3, 0.4) is 0 Å². The summed E-state index contributed by atoms with van der Waals surface area (Å²) >= 11 is 0. The van der Waals surface area contributed by atoms with E-state index < -0.39 is 39.7 Å². The summed E-state index contributed by atoms with van der Waals surface area (Å²) in [5.41, 5.74) is 4.36. The molecule has 1 rings (SSSR count). The Balaban J connectivity index is 3.08. The molecule has 17 heavy (non-hydrogen) atoms. The molecule has 0 aromatic heterocycles. The highest BCUT2D eigenvalue weighted by Gasteiger charge is 2.19. The van der Waals surface area contributed by atoms with Crippen molar-refractivity contribution < 1.29 is 25.8 Å². The van der Waals surface area contributed by atoms with Gasteiger partial charge < -0.3 is 5.73 Å². The number of rotatable bonds is 4. The standard InChI is InChI=1S/C9H10F3NO3S/c1-17(14,15)16-9(13)6-4-5(8(11)12)2-3-7(6)10/h2-4,8-9H,13H2,1H3/t9-/m0/s1. The smallest absolute Gasteiger partial charge is 0.266 e. The summed E-state index contributed by atoms with van der Waals surface area (Å²) in [7, 11) is -3.90. The second kappa shape index (κ2) is 5.03. The van der Waals surface area contributed by atoms with Crippen LogP contribution in [0.5, 0.6) is 0 Å². The number of hydrogen-bond donors (Lipinski definition) is 1. The molecule has 0 saturated heterocycles. The molecule has 0 aliphatic heterocycles. The summed E-state index contributed by atoms with van der Waals surface area (Å²) in [5, 5.41) is 0. The highest BCUT2D eigenvalue weighted by Crippen LogP contribution is 2.25. The summed E-state index contributed by atoms with van der Waals surface area (Å²) in [6, 6.07) is 2.44. The van der Waals surface area contributed by atoms with Crippen molar-refractivity contribution in [3.63, 3.8) is 0 Å². The van der Waals surface area contributed by atoms with Crippen LogP contribution >= 0.6 is 0 Å². The molecule has 1 aromatic carbocycles. The van der Waals surface area contributed by atoms with Crippen LogP contribution in [0.25, 0.3) is 0 Å². The van der Waals surface area contributed by atoms with Crippen molar-refractivity contribution in [2.45, 2.75) is 12.7 Å². The molecular weight excluding hydrogens is 259 g/mol. The Morgan fingerprint density at radius 3 is 2.41 bits per heavy atom. The number of halogens is 3. The molecule has 4 nitrogen and oxygen atoms in total. The van der Waals surface area contributed by atoms with E-state index in [1.807, 2.05) is 0 Å². The largest absolute Gasteiger partial charge is 0.301 e. The van der Waals surface area contributed by atoms with Crippen LogP contribution in [-0.4, -0.2) is 14.7 Å². The summed E-state index contributed by atoms with van der Waals surface area (Å²) in [6.07, 6.45) is -3.73. The van der Waals surface area contributed by atoms with E-state index in [1.54, 1.807) is 0 Å². The first-order valence-electron chi connectivity index (χ1n) is 4.42. The highest BCUT2D eigenvalue weighted by molar-refractivity contribution is 7.86. The monoisotopic (exact) mass is 269 g/mol. The molecule has 0 fully saturated rings. The van der Waals surface area contributed by atoms with Crippen molar-refractivity contribution in [1.29, 1.82) is 0 Å². The van der Waals surface area contributed by atoms with E-state index in [2.05, 4.69) is 4.18 Å². The second-order valence-corrected chi connectivity index (χ2v) is 4.90. The van der Waals surface area contributed by atoms with Gasteiger partial charge >= 0.3 is 0 Å². The molecular formula is C9H10F3NO3S. The first kappa shape index (κ1) is 13.9. The predicted octanol–water partition coefficient (Wildman–Crippen LogP) is 1.70. The minimum atomic E-state index is -3.90. The Kier molecular flexibility index (Phi) is 4.12. The van der Waals surface area contributed by atoms with Gasteiger partial charge in [0.05, 0.1) is 6.26 Å². The minimum Gasteiger partial charge on any atom is -0.301 e. The summed E-state index contributed by atoms with van der Waals surface area (Å²) in [6.45, 7) is 0. The molecule has 0 heterocycles. The third kappa shape index (κ3) is 3.99. The molecule has 0 aliphatic carbocycles. The highest BCUT2D eigenvalue weighted by atomic mass is 32.2. The first-order valence-corrected chi connectivity index (χ1v) is 6.23. The van der Waals surface area contributed by atoms with Gasteiger partial charge in [0.15, 0.2) is 6.23 Å². The van der Waals surface area contributed by atoms with Gasteiger partial charge in [-0.25, -0.2) is 17.4 Å². The summed E-state index contributed by atoms with van der Waals surface area (Å²) in [4.78, 5) is 0. The topological polar surface area (TPSA) is 69.4 Å². The lowest BCUT2D eigenvalue weighted by Crippen LogP contribution is -2.19. The van der Waals surface area contributed by atoms with Crippen molar-refractivity contribution in [3.8, 4) is 0 Å². The molecule has 0 unspecified atom stereocenters. The Labute approximate surface area is 96.3 Å². The maximum absolute atomic E-state index is 13.3. The fourth-order valence-electron chi connectivity index (χ4n) is 1.16. The lowest BCUT2D eigenvalue weighted by molar-refractivity contribution is 0.150. The average Bonchev–Trinajstić information content (AvgIpc) is 2.14. The maximum Gasteiger partial charge on any atom is 0.266 e. The molecule has 0 saturated carbocycles. The molecule has 1 atom stereocenters. The van der Waals surface area contributed by atoms with E-state index in [-0.39, 0.29) is 0 Å². The molecule has 0 radical (unpaired) electrons. The lowest BCUT2D eigenvalue weighted by atomic mass is 10.1. The normalized spacial score (nSPS) is 14.0. The zero-order valence-corrected chi connectivity index (χ0v) is 9.55. The second-order valence-electron chi connectivity index (χ2n) is 3.30. The van der Waals surface area contributed by atoms with Crippen LogP contribution < -0.4 is 5.73 Å². The predicted molar refractivity (Wildman–Crippen MR) is 54.2 cm³/mol. The number of hydrogen-bond acceptors (Lipinski definition) is 4. The van der Waals surface area contributed by atoms with Gasteiger partial charge in [-0.2, -0.15) is 8.42 Å². The van der Waals surface area contributed by atoms with Gasteiger partial charge in [-0.1, -0.05) is 6.07 Å². The van der Waals surface area contributed by atoms with Crippen LogP contribution in [0.2, 0.25) is 0 Å². The van der Waals surface area contributed by atoms with Crippen LogP contribution in [-0.2, 0) is 14.3 Å². The van der Waals surface area contributed by atoms with E-state index in [9.17, 15) is 21.6 Å². The Morgan fingerprint density at radius 1 is 1.35 bits per heavy atom. The molecule has 0 aliphatic rings. The van der Waals surface area contributed by atoms with Crippen molar-refractivity contribution in [2.75, 3.05) is 6.26 Å². The quantitative estimate of drug-likeness (QED) is 0.667. The zero-order valence-electron chi connectivity index (χ0n) is 8.73. The van der Waals surface area contributed by atoms with Gasteiger partial charge in [0.1, 0.15) is 5.82 Å². The molecule has 2 N–H and O–H groups in total. The fourth-order valence-corrected chi connectivity index (χ4v) is 1.64. The molecule has 0 amide bonds. The summed E-state index contributed by atoms with van der Waals surface area (Å²) < 4.78 is 63.8. The van der Waals surface area contributed by atoms with E-state index in [4.69, 9.17) is 5.73 Å². The van der Waals surface area contributed by atoms with Crippen molar-refractivity contribution in [3.05, 3.63) is 35.1 Å². The number of nitrogens with two attached hydrogens (primary N) is 1. The van der Waals surface area contributed by atoms with Gasteiger partial charge in [0.25, 0.3) is 16.5 Å². The maximum atomic E-state index is 13.3. The third-order valence-corrected chi connectivity index (χ3v) is 2.41. The SMILES string of the molecule is CS(=O)(=O)O[C@H](N)c1cc(C(F)F)ccc1F. The molecule has 1 aromatic rings. The van der Waals surface area contributed by atoms with E-state index in [0.717, 1.165) is 24.5 Å². The number of alkyl halides is 2. The van der Waals surface area contributed by atoms with Gasteiger partial charge in [-0.15, -0.1) is 0 Å². The van der Waals surface area contributed by atoms with E-state index in [1.165, 1.54) is 0 Å². The average molecular weight is 269 g/mol. The first-order chi connectivity index (χ1) is 7.70.